The van der Waals surface area contributed by atoms with Gasteiger partial charge in [0, 0.05) is 11.4 Å². The molecule has 11 heteroatoms. The number of methoxy groups -OCH3 is 1. The number of benzene rings is 3. The highest BCUT2D eigenvalue weighted by atomic mass is 79.9. The van der Waals surface area contributed by atoms with Crippen LogP contribution in [0.2, 0.25) is 0 Å². The molecule has 2 heterocycles. The monoisotopic (exact) mass is 692 g/mol. The molecule has 45 heavy (non-hydrogen) atoms. The lowest BCUT2D eigenvalue weighted by molar-refractivity contribution is -0.146. The second-order valence-electron chi connectivity index (χ2n) is 11.1. The predicted molar refractivity (Wildman–Crippen MR) is 175 cm³/mol. The molecule has 0 amide bonds. The summed E-state index contributed by atoms with van der Waals surface area (Å²) >= 11 is 5.02. The van der Waals surface area contributed by atoms with Crippen LogP contribution in [0.3, 0.4) is 0 Å². The summed E-state index contributed by atoms with van der Waals surface area (Å²) in [6.07, 6.45) is 4.83. The van der Waals surface area contributed by atoms with E-state index in [4.69, 9.17) is 24.3 Å². The lowest BCUT2D eigenvalue weighted by atomic mass is 9.94. The molecule has 4 aromatic rings. The van der Waals surface area contributed by atoms with Crippen molar-refractivity contribution in [2.24, 2.45) is 0 Å². The molecule has 1 unspecified atom stereocenters. The number of thioether (sulfide) groups is 1. The topological polar surface area (TPSA) is 87.5 Å². The van der Waals surface area contributed by atoms with Crippen LogP contribution in [-0.4, -0.2) is 33.9 Å². The summed E-state index contributed by atoms with van der Waals surface area (Å²) in [5.74, 6) is 1.21. The molecule has 2 aliphatic rings. The first kappa shape index (κ1) is 31.2. The molecule has 1 saturated carbocycles. The molecular weight excluding hydrogens is 659 g/mol. The Balaban J connectivity index is 1.35. The summed E-state index contributed by atoms with van der Waals surface area (Å²) in [5.41, 5.74) is 3.39. The van der Waals surface area contributed by atoms with Crippen molar-refractivity contribution in [2.75, 3.05) is 12.4 Å². The average molecular weight is 694 g/mol. The van der Waals surface area contributed by atoms with Crippen LogP contribution in [0.1, 0.15) is 61.8 Å². The Kier molecular flexibility index (Phi) is 9.75. The maximum absolute atomic E-state index is 14.3. The molecular formula is C34H34BrFN4O4S. The summed E-state index contributed by atoms with van der Waals surface area (Å²) in [6.45, 7) is 2.20. The van der Waals surface area contributed by atoms with E-state index >= 15 is 0 Å². The van der Waals surface area contributed by atoms with Crippen LogP contribution in [-0.2, 0) is 21.9 Å². The fourth-order valence-electron chi connectivity index (χ4n) is 5.69. The van der Waals surface area contributed by atoms with Gasteiger partial charge in [-0.05, 0) is 83.4 Å². The van der Waals surface area contributed by atoms with Gasteiger partial charge >= 0.3 is 5.97 Å². The van der Waals surface area contributed by atoms with Crippen LogP contribution < -0.4 is 14.8 Å². The number of hydrogen-bond acceptors (Lipinski definition) is 8. The summed E-state index contributed by atoms with van der Waals surface area (Å²) in [6, 6.07) is 19.6. The first-order valence-corrected chi connectivity index (χ1v) is 16.7. The molecule has 1 aromatic heterocycles. The van der Waals surface area contributed by atoms with Crippen LogP contribution in [0.15, 0.2) is 87.6 Å². The predicted octanol–water partition coefficient (Wildman–Crippen LogP) is 8.22. The maximum Gasteiger partial charge on any atom is 0.338 e. The number of anilines is 1. The van der Waals surface area contributed by atoms with E-state index in [9.17, 15) is 9.18 Å². The van der Waals surface area contributed by atoms with Crippen molar-refractivity contribution in [1.29, 1.82) is 0 Å². The fraction of sp³-hybridized carbons (Fsp3) is 0.324. The number of allylic oxidation sites excluding steroid dienone is 1. The van der Waals surface area contributed by atoms with Crippen molar-refractivity contribution in [3.05, 3.63) is 105 Å². The van der Waals surface area contributed by atoms with E-state index in [1.165, 1.54) is 17.8 Å². The SMILES string of the molecule is COc1cc(C2C(C(=O)OC3CCCCC3)=C(C)Nc3nc(SCc4ccccc4F)nn32)cc(Br)c1OCc1ccccc1. The molecule has 8 nitrogen and oxygen atoms in total. The summed E-state index contributed by atoms with van der Waals surface area (Å²) < 4.78 is 34.7. The molecule has 0 spiro atoms. The van der Waals surface area contributed by atoms with Crippen molar-refractivity contribution in [1.82, 2.24) is 14.8 Å². The lowest BCUT2D eigenvalue weighted by Gasteiger charge is -2.30. The Morgan fingerprint density at radius 2 is 1.84 bits per heavy atom. The second kappa shape index (κ2) is 14.1. The first-order chi connectivity index (χ1) is 21.9. The minimum atomic E-state index is -0.666. The van der Waals surface area contributed by atoms with E-state index in [1.807, 2.05) is 49.4 Å². The normalized spacial score (nSPS) is 16.6. The molecule has 0 bridgehead atoms. The van der Waals surface area contributed by atoms with Gasteiger partial charge in [0.05, 0.1) is 17.2 Å². The first-order valence-electron chi connectivity index (χ1n) is 15.0. The van der Waals surface area contributed by atoms with Gasteiger partial charge in [-0.25, -0.2) is 13.9 Å². The Morgan fingerprint density at radius 1 is 1.09 bits per heavy atom. The van der Waals surface area contributed by atoms with Gasteiger partial charge in [0.15, 0.2) is 11.5 Å². The van der Waals surface area contributed by atoms with Crippen LogP contribution in [0.5, 0.6) is 11.5 Å². The Hall–Kier alpha value is -3.83. The third-order valence-electron chi connectivity index (χ3n) is 7.99. The number of aromatic nitrogens is 3. The third kappa shape index (κ3) is 7.04. The molecule has 1 N–H and O–H groups in total. The molecule has 3 aromatic carbocycles. The van der Waals surface area contributed by atoms with E-state index in [0.29, 0.717) is 56.3 Å². The fourth-order valence-corrected chi connectivity index (χ4v) is 7.08. The van der Waals surface area contributed by atoms with Crippen LogP contribution >= 0.6 is 27.7 Å². The van der Waals surface area contributed by atoms with Crippen LogP contribution in [0.25, 0.3) is 0 Å². The zero-order valence-corrected chi connectivity index (χ0v) is 27.5. The molecule has 0 saturated heterocycles. The largest absolute Gasteiger partial charge is 0.493 e. The Bertz CT molecular complexity index is 1710. The van der Waals surface area contributed by atoms with Gasteiger partial charge in [0.2, 0.25) is 11.1 Å². The molecule has 1 atom stereocenters. The highest BCUT2D eigenvalue weighted by Gasteiger charge is 2.37. The number of rotatable bonds is 10. The minimum Gasteiger partial charge on any atom is -0.493 e. The summed E-state index contributed by atoms with van der Waals surface area (Å²) in [7, 11) is 1.58. The van der Waals surface area contributed by atoms with Gasteiger partial charge in [-0.3, -0.25) is 0 Å². The Morgan fingerprint density at radius 3 is 2.60 bits per heavy atom. The molecule has 6 rings (SSSR count). The number of halogens is 2. The van der Waals surface area contributed by atoms with Crippen molar-refractivity contribution < 1.29 is 23.4 Å². The van der Waals surface area contributed by atoms with Gasteiger partial charge < -0.3 is 19.5 Å². The minimum absolute atomic E-state index is 0.119. The number of esters is 1. The highest BCUT2D eigenvalue weighted by Crippen LogP contribution is 2.44. The average Bonchev–Trinajstić information content (AvgIpc) is 3.46. The number of nitrogens with zero attached hydrogens (tertiary/aromatic N) is 3. The van der Waals surface area contributed by atoms with Gasteiger partial charge in [0.25, 0.3) is 0 Å². The summed E-state index contributed by atoms with van der Waals surface area (Å²) in [4.78, 5) is 18.6. The van der Waals surface area contributed by atoms with Gasteiger partial charge in [-0.1, -0.05) is 66.7 Å². The summed E-state index contributed by atoms with van der Waals surface area (Å²) in [5, 5.41) is 8.52. The van der Waals surface area contributed by atoms with Crippen molar-refractivity contribution in [3.63, 3.8) is 0 Å². The van der Waals surface area contributed by atoms with Crippen molar-refractivity contribution in [2.45, 2.75) is 68.7 Å². The van der Waals surface area contributed by atoms with E-state index in [2.05, 4.69) is 21.2 Å². The van der Waals surface area contributed by atoms with Crippen LogP contribution in [0.4, 0.5) is 10.3 Å². The maximum atomic E-state index is 14.3. The Labute approximate surface area is 274 Å². The van der Waals surface area contributed by atoms with E-state index in [1.54, 1.807) is 30.0 Å². The molecule has 234 valence electrons. The zero-order chi connectivity index (χ0) is 31.3. The van der Waals surface area contributed by atoms with E-state index in [0.717, 1.165) is 43.2 Å². The third-order valence-corrected chi connectivity index (χ3v) is 9.46. The number of fused-ring (bicyclic) bond motifs is 1. The lowest BCUT2D eigenvalue weighted by Crippen LogP contribution is -2.32. The van der Waals surface area contributed by atoms with Crippen molar-refractivity contribution in [3.8, 4) is 11.5 Å². The molecule has 0 radical (unpaired) electrons. The highest BCUT2D eigenvalue weighted by molar-refractivity contribution is 9.10. The van der Waals surface area contributed by atoms with Crippen LogP contribution in [0, 0.1) is 5.82 Å². The molecule has 1 fully saturated rings. The zero-order valence-electron chi connectivity index (χ0n) is 25.1. The van der Waals surface area contributed by atoms with E-state index in [-0.39, 0.29) is 11.9 Å². The number of hydrogen-bond donors (Lipinski definition) is 1. The van der Waals surface area contributed by atoms with Gasteiger partial charge in [0.1, 0.15) is 24.6 Å². The number of nitrogens with one attached hydrogen (secondary N) is 1. The van der Waals surface area contributed by atoms with E-state index < -0.39 is 12.0 Å². The quantitative estimate of drug-likeness (QED) is 0.131. The van der Waals surface area contributed by atoms with Crippen molar-refractivity contribution >= 4 is 39.6 Å². The van der Waals surface area contributed by atoms with Gasteiger partial charge in [-0.2, -0.15) is 4.98 Å². The molecule has 1 aliphatic heterocycles. The second-order valence-corrected chi connectivity index (χ2v) is 12.9. The number of carbonyl (C=O) groups excluding carboxylic acids is 1. The smallest absolute Gasteiger partial charge is 0.338 e. The van der Waals surface area contributed by atoms with Gasteiger partial charge in [-0.15, -0.1) is 5.10 Å². The molecule has 1 aliphatic carbocycles. The standard InChI is InChI=1S/C34H34BrFN4O4S/c1-21-29(32(41)44-25-14-7-4-8-15-25)30(40-33(37-21)38-34(39-40)45-20-23-13-9-10-16-27(23)36)24-17-26(35)31(28(18-24)42-2)43-19-22-11-5-3-6-12-22/h3,5-6,9-13,16-18,25,30H,4,7-8,14-15,19-20H2,1-2H3,(H,37,38,39). The number of ether oxygens (including phenoxy) is 3. The number of carbonyl (C=O) groups is 1.